The van der Waals surface area contributed by atoms with Crippen molar-refractivity contribution in [1.29, 1.82) is 0 Å². The molecule has 0 amide bonds. The molecule has 0 bridgehead atoms. The van der Waals surface area contributed by atoms with Gasteiger partial charge in [-0.2, -0.15) is 0 Å². The third kappa shape index (κ3) is 7.38. The molecule has 4 aromatic rings. The lowest BCUT2D eigenvalue weighted by molar-refractivity contribution is -0.172. The molecule has 3 aliphatic rings. The number of carbonyl (C=O) groups excluding carboxylic acids is 4. The monoisotopic (exact) mass is 808 g/mol. The van der Waals surface area contributed by atoms with E-state index < -0.39 is 29.1 Å². The fourth-order valence-electron chi connectivity index (χ4n) is 8.54. The van der Waals surface area contributed by atoms with Crippen LogP contribution in [0, 0.1) is 20.8 Å². The molecule has 2 aromatic heterocycles. The first-order valence-corrected chi connectivity index (χ1v) is 20.7. The number of aliphatic hydroxyl groups is 1. The molecule has 0 saturated heterocycles. The normalized spacial score (nSPS) is 18.9. The largest absolute Gasteiger partial charge is 0.475 e. The van der Waals surface area contributed by atoms with Crippen molar-refractivity contribution in [2.45, 2.75) is 137 Å². The Balaban J connectivity index is 1.02. The van der Waals surface area contributed by atoms with E-state index in [1.165, 1.54) is 0 Å². The molecule has 0 aliphatic carbocycles. The number of ether oxygens (including phenoxy) is 5. The van der Waals surface area contributed by atoms with E-state index in [2.05, 4.69) is 6.92 Å². The van der Waals surface area contributed by atoms with E-state index in [4.69, 9.17) is 28.7 Å². The van der Waals surface area contributed by atoms with Crippen molar-refractivity contribution in [3.8, 4) is 28.6 Å². The first kappa shape index (κ1) is 41.6. The van der Waals surface area contributed by atoms with Gasteiger partial charge in [-0.15, -0.1) is 0 Å². The summed E-state index contributed by atoms with van der Waals surface area (Å²) >= 11 is 0. The number of aryl methyl sites for hydroxylation is 1. The number of unbranched alkanes of at least 4 members (excludes halogenated alkanes) is 3. The summed E-state index contributed by atoms with van der Waals surface area (Å²) in [6.45, 7) is 13.5. The minimum Gasteiger partial charge on any atom is -0.475 e. The van der Waals surface area contributed by atoms with Crippen LogP contribution in [0.25, 0.3) is 22.3 Å². The number of carbonyl (C=O) groups is 4. The Morgan fingerprint density at radius 2 is 1.66 bits per heavy atom. The van der Waals surface area contributed by atoms with Gasteiger partial charge in [0.1, 0.15) is 23.9 Å². The number of hydrogen-bond donors (Lipinski definition) is 1. The molecule has 1 N–H and O–H groups in total. The van der Waals surface area contributed by atoms with E-state index in [0.717, 1.165) is 58.9 Å². The molecular formula is C46H52N2O11. The summed E-state index contributed by atoms with van der Waals surface area (Å²) in [5, 5.41) is 12.0. The molecule has 59 heavy (non-hydrogen) atoms. The Labute approximate surface area is 343 Å². The maximum absolute atomic E-state index is 13.7. The number of cyclic esters (lactones) is 1. The van der Waals surface area contributed by atoms with E-state index in [-0.39, 0.29) is 60.8 Å². The van der Waals surface area contributed by atoms with Gasteiger partial charge in [0.25, 0.3) is 5.56 Å². The van der Waals surface area contributed by atoms with Crippen molar-refractivity contribution >= 4 is 34.8 Å². The fraction of sp³-hybridized carbons (Fsp3) is 0.478. The van der Waals surface area contributed by atoms with Gasteiger partial charge in [-0.05, 0) is 99.9 Å². The van der Waals surface area contributed by atoms with Crippen LogP contribution in [-0.4, -0.2) is 50.7 Å². The maximum atomic E-state index is 13.7. The van der Waals surface area contributed by atoms with E-state index in [9.17, 15) is 29.1 Å². The van der Waals surface area contributed by atoms with Crippen LogP contribution in [0.4, 0.5) is 0 Å². The second-order valence-corrected chi connectivity index (χ2v) is 16.0. The van der Waals surface area contributed by atoms with Crippen LogP contribution in [0.1, 0.15) is 124 Å². The molecule has 312 valence electrons. The van der Waals surface area contributed by atoms with Gasteiger partial charge in [0.05, 0.1) is 48.5 Å². The van der Waals surface area contributed by atoms with Crippen LogP contribution in [0.3, 0.4) is 0 Å². The Bertz CT molecular complexity index is 2470. The standard InChI is InChI=1S/C46H52N2O11/c1-8-11-12-13-20-55-43(52)45(7)19-18-30-27(6)40(25(4)26(5)41(30)59-45)58-38(50)17-16-37(49)57-28-14-15-35-31(21-28)29(9-2)32-23-48-36(39(32)47-35)22-34-33(42(48)51)24-56-44(53)46(34,54)10-3/h14-15,21-22,54H,8-13,16-20,23-24H2,1-7H3/t45?,46-/m0/s1. The summed E-state index contributed by atoms with van der Waals surface area (Å²) in [5.41, 5.74) is 3.68. The van der Waals surface area contributed by atoms with E-state index in [0.29, 0.717) is 59.8 Å². The van der Waals surface area contributed by atoms with Gasteiger partial charge < -0.3 is 33.4 Å². The van der Waals surface area contributed by atoms with Crippen LogP contribution in [0.15, 0.2) is 29.1 Å². The van der Waals surface area contributed by atoms with Gasteiger partial charge >= 0.3 is 23.9 Å². The van der Waals surface area contributed by atoms with E-state index in [1.807, 2.05) is 27.7 Å². The zero-order valence-electron chi connectivity index (χ0n) is 34.9. The van der Waals surface area contributed by atoms with Crippen molar-refractivity contribution in [2.75, 3.05) is 6.61 Å². The second-order valence-electron chi connectivity index (χ2n) is 16.0. The van der Waals surface area contributed by atoms with Crippen molar-refractivity contribution in [2.24, 2.45) is 0 Å². The molecule has 5 heterocycles. The predicted molar refractivity (Wildman–Crippen MR) is 218 cm³/mol. The molecule has 0 fully saturated rings. The highest BCUT2D eigenvalue weighted by atomic mass is 16.6. The number of esters is 4. The molecule has 13 nitrogen and oxygen atoms in total. The average molecular weight is 809 g/mol. The summed E-state index contributed by atoms with van der Waals surface area (Å²) in [7, 11) is 0. The molecule has 2 atom stereocenters. The fourth-order valence-corrected chi connectivity index (χ4v) is 8.54. The van der Waals surface area contributed by atoms with Gasteiger partial charge in [-0.25, -0.2) is 14.6 Å². The molecule has 3 aliphatic heterocycles. The topological polar surface area (TPSA) is 170 Å². The number of nitrogens with zero attached hydrogens (tertiary/aromatic N) is 2. The Hall–Kier alpha value is -5.56. The lowest BCUT2D eigenvalue weighted by Gasteiger charge is -2.36. The van der Waals surface area contributed by atoms with E-state index >= 15 is 0 Å². The summed E-state index contributed by atoms with van der Waals surface area (Å²) < 4.78 is 30.3. The van der Waals surface area contributed by atoms with Crippen molar-refractivity contribution in [1.82, 2.24) is 9.55 Å². The second kappa shape index (κ2) is 16.2. The lowest BCUT2D eigenvalue weighted by atomic mass is 9.86. The summed E-state index contributed by atoms with van der Waals surface area (Å²) in [6, 6.07) is 6.78. The zero-order valence-corrected chi connectivity index (χ0v) is 34.9. The highest BCUT2D eigenvalue weighted by Crippen LogP contribution is 2.45. The van der Waals surface area contributed by atoms with Gasteiger partial charge in [0.15, 0.2) is 5.60 Å². The van der Waals surface area contributed by atoms with Gasteiger partial charge in [0, 0.05) is 28.5 Å². The number of hydrogen-bond acceptors (Lipinski definition) is 12. The minimum absolute atomic E-state index is 0.0484. The molecule has 0 spiro atoms. The first-order valence-electron chi connectivity index (χ1n) is 20.7. The SMILES string of the molecule is CCCCCCOC(=O)C1(C)CCc2c(C)c(OC(=O)CCC(=O)Oc3ccc4nc5c(c(CC)c4c3)Cn3c-5cc4c(c3=O)COC(=O)[C@]4(O)CC)c(C)c(C)c2O1. The van der Waals surface area contributed by atoms with Crippen LogP contribution in [0.2, 0.25) is 0 Å². The predicted octanol–water partition coefficient (Wildman–Crippen LogP) is 7.07. The summed E-state index contributed by atoms with van der Waals surface area (Å²) in [5.74, 6) is -1.05. The average Bonchev–Trinajstić information content (AvgIpc) is 3.59. The number of rotatable bonds is 13. The minimum atomic E-state index is -1.92. The lowest BCUT2D eigenvalue weighted by Crippen LogP contribution is -2.46. The number of benzene rings is 2. The van der Waals surface area contributed by atoms with Crippen molar-refractivity contribution < 1.29 is 48.0 Å². The highest BCUT2D eigenvalue weighted by Gasteiger charge is 2.46. The number of aromatic nitrogens is 2. The van der Waals surface area contributed by atoms with Crippen molar-refractivity contribution in [3.63, 3.8) is 0 Å². The number of pyridine rings is 2. The Kier molecular flexibility index (Phi) is 11.4. The molecule has 2 aromatic carbocycles. The molecule has 0 saturated carbocycles. The zero-order chi connectivity index (χ0) is 42.4. The van der Waals surface area contributed by atoms with Crippen LogP contribution >= 0.6 is 0 Å². The first-order chi connectivity index (χ1) is 28.1. The molecule has 0 radical (unpaired) electrons. The maximum Gasteiger partial charge on any atom is 0.350 e. The van der Waals surface area contributed by atoms with Crippen LogP contribution < -0.4 is 19.8 Å². The van der Waals surface area contributed by atoms with Crippen LogP contribution in [-0.2, 0) is 60.2 Å². The number of fused-ring (bicyclic) bond motifs is 6. The Morgan fingerprint density at radius 1 is 0.915 bits per heavy atom. The van der Waals surface area contributed by atoms with Gasteiger partial charge in [-0.1, -0.05) is 40.0 Å². The quantitative estimate of drug-likeness (QED) is 0.0731. The van der Waals surface area contributed by atoms with Crippen LogP contribution in [0.5, 0.6) is 17.2 Å². The van der Waals surface area contributed by atoms with Gasteiger partial charge in [0.2, 0.25) is 5.60 Å². The highest BCUT2D eigenvalue weighted by molar-refractivity contribution is 5.91. The van der Waals surface area contributed by atoms with Gasteiger partial charge in [-0.3, -0.25) is 14.4 Å². The molecule has 13 heteroatoms. The molecular weight excluding hydrogens is 757 g/mol. The summed E-state index contributed by atoms with van der Waals surface area (Å²) in [4.78, 5) is 70.5. The summed E-state index contributed by atoms with van der Waals surface area (Å²) in [6.07, 6.45) is 5.19. The van der Waals surface area contributed by atoms with E-state index in [1.54, 1.807) is 42.7 Å². The third-order valence-corrected chi connectivity index (χ3v) is 12.3. The third-order valence-electron chi connectivity index (χ3n) is 12.3. The molecule has 7 rings (SSSR count). The molecule has 1 unspecified atom stereocenters. The smallest absolute Gasteiger partial charge is 0.350 e. The Morgan fingerprint density at radius 3 is 2.37 bits per heavy atom. The van der Waals surface area contributed by atoms with Crippen molar-refractivity contribution in [3.05, 3.63) is 79.1 Å².